The number of ether oxygens (including phenoxy) is 3. The Kier molecular flexibility index (Phi) is 9.31. The van der Waals surface area contributed by atoms with E-state index in [-0.39, 0.29) is 17.9 Å². The number of ketones is 1. The van der Waals surface area contributed by atoms with Gasteiger partial charge in [0.05, 0.1) is 18.3 Å². The number of carbonyl (C=O) groups excluding carboxylic acids is 2. The minimum atomic E-state index is -0.604. The molecule has 0 heterocycles. The molecule has 0 saturated carbocycles. The Morgan fingerprint density at radius 3 is 2.06 bits per heavy atom. The normalized spacial score (nSPS) is 11.7. The summed E-state index contributed by atoms with van der Waals surface area (Å²) in [5, 5.41) is 0. The van der Waals surface area contributed by atoms with Crippen molar-refractivity contribution in [2.75, 3.05) is 6.61 Å². The van der Waals surface area contributed by atoms with E-state index >= 15 is 0 Å². The molecule has 0 aliphatic carbocycles. The van der Waals surface area contributed by atoms with Gasteiger partial charge < -0.3 is 14.2 Å². The lowest BCUT2D eigenvalue weighted by atomic mass is 9.96. The molecule has 2 aromatic carbocycles. The summed E-state index contributed by atoms with van der Waals surface area (Å²) in [4.78, 5) is 25.9. The van der Waals surface area contributed by atoms with E-state index in [9.17, 15) is 9.59 Å². The van der Waals surface area contributed by atoms with Crippen LogP contribution in [-0.2, 0) is 4.74 Å². The van der Waals surface area contributed by atoms with Crippen LogP contribution in [0, 0.1) is 27.7 Å². The number of hydrogen-bond donors (Lipinski definition) is 0. The number of aryl methyl sites for hydroxylation is 3. The Balaban J connectivity index is 2.46. The van der Waals surface area contributed by atoms with Crippen molar-refractivity contribution >= 4 is 17.8 Å². The molecule has 0 aliphatic rings. The predicted molar refractivity (Wildman–Crippen MR) is 142 cm³/mol. The first-order chi connectivity index (χ1) is 16.2. The molecular weight excluding hydrogens is 440 g/mol. The Morgan fingerprint density at radius 1 is 0.943 bits per heavy atom. The second-order valence-corrected chi connectivity index (χ2v) is 10.3. The Morgan fingerprint density at radius 2 is 1.54 bits per heavy atom. The highest BCUT2D eigenvalue weighted by Crippen LogP contribution is 2.33. The van der Waals surface area contributed by atoms with Gasteiger partial charge in [-0.2, -0.15) is 0 Å². The van der Waals surface area contributed by atoms with E-state index in [4.69, 9.17) is 14.2 Å². The molecule has 0 N–H and O–H groups in total. The molecule has 0 spiro atoms. The fourth-order valence-electron chi connectivity index (χ4n) is 3.94. The van der Waals surface area contributed by atoms with Gasteiger partial charge in [-0.05, 0) is 116 Å². The van der Waals surface area contributed by atoms with Crippen molar-refractivity contribution < 1.29 is 23.8 Å². The number of carbonyl (C=O) groups is 2. The van der Waals surface area contributed by atoms with Crippen LogP contribution in [0.1, 0.15) is 96.5 Å². The number of allylic oxidation sites excluding steroid dienone is 1. The van der Waals surface area contributed by atoms with Gasteiger partial charge >= 0.3 is 5.97 Å². The fourth-order valence-corrected chi connectivity index (χ4v) is 3.94. The van der Waals surface area contributed by atoms with Gasteiger partial charge in [-0.3, -0.25) is 4.79 Å². The van der Waals surface area contributed by atoms with Crippen LogP contribution in [0.4, 0.5) is 0 Å². The maximum atomic E-state index is 13.0. The molecule has 5 nitrogen and oxygen atoms in total. The number of rotatable bonds is 9. The van der Waals surface area contributed by atoms with E-state index in [2.05, 4.69) is 6.92 Å². The van der Waals surface area contributed by atoms with Gasteiger partial charge in [-0.25, -0.2) is 4.79 Å². The van der Waals surface area contributed by atoms with Crippen molar-refractivity contribution in [2.45, 2.75) is 87.4 Å². The molecule has 5 heteroatoms. The number of hydrogen-bond acceptors (Lipinski definition) is 5. The van der Waals surface area contributed by atoms with Crippen molar-refractivity contribution in [1.29, 1.82) is 0 Å². The van der Waals surface area contributed by atoms with E-state index in [1.807, 2.05) is 80.5 Å². The fraction of sp³-hybridized carbons (Fsp3) is 0.467. The van der Waals surface area contributed by atoms with Crippen LogP contribution in [-0.4, -0.2) is 30.1 Å². The summed E-state index contributed by atoms with van der Waals surface area (Å²) >= 11 is 0. The lowest BCUT2D eigenvalue weighted by Gasteiger charge is -2.23. The second kappa shape index (κ2) is 11.6. The van der Waals surface area contributed by atoms with E-state index in [0.29, 0.717) is 29.0 Å². The van der Waals surface area contributed by atoms with E-state index in [1.54, 1.807) is 12.2 Å². The molecule has 0 unspecified atom stereocenters. The lowest BCUT2D eigenvalue weighted by molar-refractivity contribution is 0.00671. The minimum Gasteiger partial charge on any atom is -0.493 e. The van der Waals surface area contributed by atoms with E-state index in [0.717, 1.165) is 34.4 Å². The minimum absolute atomic E-state index is 0.105. The van der Waals surface area contributed by atoms with Crippen molar-refractivity contribution in [3.8, 4) is 11.5 Å². The molecule has 190 valence electrons. The standard InChI is InChI=1S/C30H40O5/c1-11-14-33-27-20(5)16-24(17-21(27)6)25(31)13-12-23-15-19(4)26(29(32)35-30(8,9)10)22(7)28(23)34-18(2)3/h12-13,15-18H,11,14H2,1-10H3. The molecule has 2 aromatic rings. The van der Waals surface area contributed by atoms with Crippen LogP contribution in [0.25, 0.3) is 6.08 Å². The van der Waals surface area contributed by atoms with Crippen LogP contribution in [0.3, 0.4) is 0 Å². The van der Waals surface area contributed by atoms with Gasteiger partial charge in [0.2, 0.25) is 0 Å². The van der Waals surface area contributed by atoms with Crippen molar-refractivity contribution in [3.05, 3.63) is 63.2 Å². The van der Waals surface area contributed by atoms with Crippen LogP contribution in [0.5, 0.6) is 11.5 Å². The Hall–Kier alpha value is -3.08. The first-order valence-corrected chi connectivity index (χ1v) is 12.3. The quantitative estimate of drug-likeness (QED) is 0.213. The maximum Gasteiger partial charge on any atom is 0.339 e. The third kappa shape index (κ3) is 7.45. The summed E-state index contributed by atoms with van der Waals surface area (Å²) in [6.45, 7) is 19.7. The monoisotopic (exact) mass is 480 g/mol. The summed E-state index contributed by atoms with van der Waals surface area (Å²) in [7, 11) is 0. The summed E-state index contributed by atoms with van der Waals surface area (Å²) in [5.74, 6) is 0.916. The van der Waals surface area contributed by atoms with Crippen molar-refractivity contribution in [3.63, 3.8) is 0 Å². The van der Waals surface area contributed by atoms with Crippen LogP contribution >= 0.6 is 0 Å². The van der Waals surface area contributed by atoms with Crippen molar-refractivity contribution in [2.24, 2.45) is 0 Å². The highest BCUT2D eigenvalue weighted by atomic mass is 16.6. The van der Waals surface area contributed by atoms with Gasteiger partial charge in [-0.1, -0.05) is 6.92 Å². The molecule has 0 amide bonds. The van der Waals surface area contributed by atoms with Crippen LogP contribution < -0.4 is 9.47 Å². The summed E-state index contributed by atoms with van der Waals surface area (Å²) in [5.41, 5.74) is 4.57. The zero-order valence-electron chi connectivity index (χ0n) is 22.9. The SMILES string of the molecule is CCCOc1c(C)cc(C(=O)C=Cc2cc(C)c(C(=O)OC(C)(C)C)c(C)c2OC(C)C)cc1C. The third-order valence-corrected chi connectivity index (χ3v) is 5.31. The van der Waals surface area contributed by atoms with Gasteiger partial charge in [0.25, 0.3) is 0 Å². The third-order valence-electron chi connectivity index (χ3n) is 5.31. The van der Waals surface area contributed by atoms with Gasteiger partial charge in [0.15, 0.2) is 5.78 Å². The smallest absolute Gasteiger partial charge is 0.339 e. The number of esters is 1. The Bertz CT molecular complexity index is 1090. The van der Waals surface area contributed by atoms with E-state index in [1.165, 1.54) is 0 Å². The van der Waals surface area contributed by atoms with Crippen LogP contribution in [0.15, 0.2) is 24.3 Å². The van der Waals surface area contributed by atoms with Gasteiger partial charge in [0, 0.05) is 16.7 Å². The average Bonchev–Trinajstić information content (AvgIpc) is 2.72. The lowest BCUT2D eigenvalue weighted by Crippen LogP contribution is -2.25. The highest BCUT2D eigenvalue weighted by molar-refractivity contribution is 6.07. The van der Waals surface area contributed by atoms with Crippen molar-refractivity contribution in [1.82, 2.24) is 0 Å². The van der Waals surface area contributed by atoms with Gasteiger partial charge in [0.1, 0.15) is 17.1 Å². The largest absolute Gasteiger partial charge is 0.493 e. The topological polar surface area (TPSA) is 61.8 Å². The molecule has 0 bridgehead atoms. The highest BCUT2D eigenvalue weighted by Gasteiger charge is 2.24. The zero-order valence-corrected chi connectivity index (χ0v) is 22.9. The van der Waals surface area contributed by atoms with Gasteiger partial charge in [-0.15, -0.1) is 0 Å². The first kappa shape index (κ1) is 28.2. The molecule has 0 radical (unpaired) electrons. The molecule has 0 saturated heterocycles. The number of benzene rings is 2. The Labute approximate surface area is 210 Å². The summed E-state index contributed by atoms with van der Waals surface area (Å²) < 4.78 is 17.6. The zero-order chi connectivity index (χ0) is 26.5. The molecule has 35 heavy (non-hydrogen) atoms. The second-order valence-electron chi connectivity index (χ2n) is 10.3. The van der Waals surface area contributed by atoms with Crippen LogP contribution in [0.2, 0.25) is 0 Å². The predicted octanol–water partition coefficient (Wildman–Crippen LogP) is 7.35. The molecule has 0 aromatic heterocycles. The maximum absolute atomic E-state index is 13.0. The molecule has 0 atom stereocenters. The van der Waals surface area contributed by atoms with E-state index < -0.39 is 5.60 Å². The first-order valence-electron chi connectivity index (χ1n) is 12.3. The summed E-state index contributed by atoms with van der Waals surface area (Å²) in [6.07, 6.45) is 4.13. The molecule has 0 aliphatic heterocycles. The molecule has 0 fully saturated rings. The average molecular weight is 481 g/mol. The molecule has 2 rings (SSSR count). The molecular formula is C30H40O5. The summed E-state index contributed by atoms with van der Waals surface area (Å²) in [6, 6.07) is 5.59.